The molecule has 0 fully saturated rings. The molecule has 0 saturated carbocycles. The fourth-order valence-electron chi connectivity index (χ4n) is 1.39. The number of nitrogens with zero attached hydrogens (tertiary/aromatic N) is 1. The van der Waals surface area contributed by atoms with Crippen molar-refractivity contribution in [2.45, 2.75) is 18.7 Å². The first-order valence-corrected chi connectivity index (χ1v) is 7.45. The lowest BCUT2D eigenvalue weighted by Gasteiger charge is -2.05. The molecule has 1 heterocycles. The topological polar surface area (TPSA) is 61.1 Å². The highest BCUT2D eigenvalue weighted by Gasteiger charge is 1.97. The van der Waals surface area contributed by atoms with Crippen molar-refractivity contribution in [1.82, 2.24) is 0 Å². The van der Waals surface area contributed by atoms with Crippen molar-refractivity contribution in [3.05, 3.63) is 66.5 Å². The smallest absolute Gasteiger partial charge is 0.174 e. The molecule has 1 aromatic heterocycles. The van der Waals surface area contributed by atoms with E-state index in [2.05, 4.69) is 0 Å². The highest BCUT2D eigenvalue weighted by Crippen LogP contribution is 2.08. The van der Waals surface area contributed by atoms with E-state index in [9.17, 15) is 13.0 Å². The first-order chi connectivity index (χ1) is 9.43. The van der Waals surface area contributed by atoms with Gasteiger partial charge in [-0.1, -0.05) is 23.8 Å². The van der Waals surface area contributed by atoms with Crippen molar-refractivity contribution in [2.24, 2.45) is 0 Å². The van der Waals surface area contributed by atoms with Crippen LogP contribution < -0.4 is 4.57 Å². The van der Waals surface area contributed by atoms with Crippen LogP contribution >= 0.6 is 0 Å². The summed E-state index contributed by atoms with van der Waals surface area (Å²) in [5.41, 5.74) is 0.928. The number of hydrogen-bond acceptors (Lipinski definition) is 3. The molecular formula is C15H17NO3S. The van der Waals surface area contributed by atoms with Crippen molar-refractivity contribution in [3.8, 4) is 0 Å². The third-order valence-corrected chi connectivity index (χ3v) is 3.22. The summed E-state index contributed by atoms with van der Waals surface area (Å²) < 4.78 is 33.2. The molecule has 20 heavy (non-hydrogen) atoms. The SMILES string of the molecule is CC=C[n+]1ccccc1.Cc1ccc(S(=O)(=O)[O-])cc1. The summed E-state index contributed by atoms with van der Waals surface area (Å²) in [7, 11) is -4.27. The molecule has 0 atom stereocenters. The second-order valence-electron chi connectivity index (χ2n) is 4.07. The molecule has 1 aromatic carbocycles. The zero-order chi connectivity index (χ0) is 15.0. The van der Waals surface area contributed by atoms with Gasteiger partial charge in [0, 0.05) is 12.1 Å². The zero-order valence-corrected chi connectivity index (χ0v) is 12.2. The van der Waals surface area contributed by atoms with E-state index in [4.69, 9.17) is 0 Å². The molecule has 0 radical (unpaired) electrons. The van der Waals surface area contributed by atoms with Crippen LogP contribution in [-0.2, 0) is 10.1 Å². The third kappa shape index (κ3) is 5.77. The summed E-state index contributed by atoms with van der Waals surface area (Å²) in [6.45, 7) is 3.82. The minimum Gasteiger partial charge on any atom is -0.744 e. The van der Waals surface area contributed by atoms with Crippen molar-refractivity contribution >= 4 is 16.3 Å². The van der Waals surface area contributed by atoms with Crippen LogP contribution in [0.3, 0.4) is 0 Å². The highest BCUT2D eigenvalue weighted by molar-refractivity contribution is 7.85. The van der Waals surface area contributed by atoms with Crippen molar-refractivity contribution in [2.75, 3.05) is 0 Å². The Labute approximate surface area is 119 Å². The van der Waals surface area contributed by atoms with Crippen molar-refractivity contribution in [1.29, 1.82) is 0 Å². The number of allylic oxidation sites excluding steroid dienone is 1. The normalized spacial score (nSPS) is 10.9. The molecule has 2 rings (SSSR count). The first-order valence-electron chi connectivity index (χ1n) is 6.04. The van der Waals surface area contributed by atoms with Gasteiger partial charge >= 0.3 is 0 Å². The molecule has 0 bridgehead atoms. The summed E-state index contributed by atoms with van der Waals surface area (Å²) in [6, 6.07) is 11.8. The summed E-state index contributed by atoms with van der Waals surface area (Å²) in [5, 5.41) is 0. The zero-order valence-electron chi connectivity index (χ0n) is 11.4. The lowest BCUT2D eigenvalue weighted by molar-refractivity contribution is -0.568. The first kappa shape index (κ1) is 16.1. The monoisotopic (exact) mass is 291 g/mol. The van der Waals surface area contributed by atoms with E-state index in [1.165, 1.54) is 12.1 Å². The van der Waals surface area contributed by atoms with Gasteiger partial charge in [-0.15, -0.1) is 0 Å². The van der Waals surface area contributed by atoms with E-state index in [1.54, 1.807) is 12.1 Å². The number of aromatic nitrogens is 1. The third-order valence-electron chi connectivity index (χ3n) is 2.37. The van der Waals surface area contributed by atoms with Gasteiger partial charge in [0.15, 0.2) is 18.6 Å². The predicted molar refractivity (Wildman–Crippen MR) is 76.8 cm³/mol. The minimum atomic E-state index is -4.27. The van der Waals surface area contributed by atoms with E-state index in [-0.39, 0.29) is 4.90 Å². The van der Waals surface area contributed by atoms with Gasteiger partial charge in [-0.05, 0) is 32.1 Å². The maximum Gasteiger partial charge on any atom is 0.174 e. The largest absolute Gasteiger partial charge is 0.744 e. The second kappa shape index (κ2) is 7.57. The second-order valence-corrected chi connectivity index (χ2v) is 5.45. The molecule has 4 nitrogen and oxygen atoms in total. The Balaban J connectivity index is 0.000000204. The molecule has 0 saturated heterocycles. The van der Waals surface area contributed by atoms with Gasteiger partial charge < -0.3 is 4.55 Å². The lowest BCUT2D eigenvalue weighted by Crippen LogP contribution is -2.23. The Hall–Kier alpha value is -1.98. The van der Waals surface area contributed by atoms with Crippen LogP contribution in [0.1, 0.15) is 12.5 Å². The standard InChI is InChI=1S/C8H10N.C7H8O3S/c1-2-6-9-7-4-3-5-8-9;1-6-2-4-7(5-3-6)11(8,9)10/h2-8H,1H3;2-5H,1H3,(H,8,9,10)/q+1;/p-1. The number of rotatable bonds is 2. The lowest BCUT2D eigenvalue weighted by atomic mass is 10.2. The highest BCUT2D eigenvalue weighted by atomic mass is 32.2. The Morgan fingerprint density at radius 2 is 1.60 bits per heavy atom. The number of aryl methyl sites for hydroxylation is 1. The van der Waals surface area contributed by atoms with Gasteiger partial charge in [0.05, 0.1) is 4.90 Å². The van der Waals surface area contributed by atoms with E-state index in [0.717, 1.165) is 5.56 Å². The fourth-order valence-corrected chi connectivity index (χ4v) is 1.86. The summed E-state index contributed by atoms with van der Waals surface area (Å²) >= 11 is 0. The summed E-state index contributed by atoms with van der Waals surface area (Å²) in [4.78, 5) is -0.178. The van der Waals surface area contributed by atoms with Crippen LogP contribution in [0.5, 0.6) is 0 Å². The Morgan fingerprint density at radius 3 is 2.05 bits per heavy atom. The van der Waals surface area contributed by atoms with Gasteiger partial charge in [0.1, 0.15) is 10.1 Å². The van der Waals surface area contributed by atoms with Crippen LogP contribution in [0.2, 0.25) is 0 Å². The number of pyridine rings is 1. The molecule has 0 N–H and O–H groups in total. The molecule has 0 spiro atoms. The van der Waals surface area contributed by atoms with E-state index < -0.39 is 10.1 Å². The number of benzene rings is 1. The molecule has 0 aliphatic carbocycles. The van der Waals surface area contributed by atoms with Crippen LogP contribution in [0.15, 0.2) is 65.8 Å². The van der Waals surface area contributed by atoms with Crippen LogP contribution in [0.4, 0.5) is 0 Å². The predicted octanol–water partition coefficient (Wildman–Crippen LogP) is 2.36. The number of hydrogen-bond donors (Lipinski definition) is 0. The van der Waals surface area contributed by atoms with E-state index >= 15 is 0 Å². The molecule has 0 aliphatic rings. The van der Waals surface area contributed by atoms with Crippen molar-refractivity contribution < 1.29 is 17.5 Å². The van der Waals surface area contributed by atoms with Crippen LogP contribution in [0.25, 0.3) is 6.20 Å². The molecule has 5 heteroatoms. The molecule has 0 unspecified atom stereocenters. The van der Waals surface area contributed by atoms with E-state index in [0.29, 0.717) is 0 Å². The van der Waals surface area contributed by atoms with Gasteiger partial charge in [0.2, 0.25) is 0 Å². The molecule has 2 aromatic rings. The molecular weight excluding hydrogens is 274 g/mol. The summed E-state index contributed by atoms with van der Waals surface area (Å²) in [6.07, 6.45) is 8.00. The molecule has 0 amide bonds. The van der Waals surface area contributed by atoms with Gasteiger partial charge in [-0.3, -0.25) is 0 Å². The Morgan fingerprint density at radius 1 is 1.05 bits per heavy atom. The Bertz CT molecular complexity index is 647. The van der Waals surface area contributed by atoms with Crippen LogP contribution in [-0.4, -0.2) is 13.0 Å². The maximum atomic E-state index is 10.4. The molecule has 106 valence electrons. The van der Waals surface area contributed by atoms with Crippen LogP contribution in [0, 0.1) is 6.92 Å². The average Bonchev–Trinajstić information content (AvgIpc) is 2.40. The quantitative estimate of drug-likeness (QED) is 0.630. The van der Waals surface area contributed by atoms with Gasteiger partial charge in [-0.2, -0.15) is 4.57 Å². The Kier molecular flexibility index (Phi) is 6.09. The average molecular weight is 291 g/mol. The molecule has 0 aliphatic heterocycles. The maximum absolute atomic E-state index is 10.4. The summed E-state index contributed by atoms with van der Waals surface area (Å²) in [5.74, 6) is 0. The van der Waals surface area contributed by atoms with Gasteiger partial charge in [-0.25, -0.2) is 8.42 Å². The fraction of sp³-hybridized carbons (Fsp3) is 0.133. The van der Waals surface area contributed by atoms with Crippen molar-refractivity contribution in [3.63, 3.8) is 0 Å². The minimum absolute atomic E-state index is 0.178. The van der Waals surface area contributed by atoms with Gasteiger partial charge in [0.25, 0.3) is 0 Å². The van der Waals surface area contributed by atoms with E-state index in [1.807, 2.05) is 61.3 Å².